The highest BCUT2D eigenvalue weighted by Gasteiger charge is 2.18. The van der Waals surface area contributed by atoms with Crippen LogP contribution in [0.5, 0.6) is 0 Å². The molecule has 9 heteroatoms. The number of unbranched alkanes of at least 4 members (excludes halogenated alkanes) is 2. The molecule has 0 aliphatic carbocycles. The van der Waals surface area contributed by atoms with Crippen LogP contribution in [0.3, 0.4) is 0 Å². The summed E-state index contributed by atoms with van der Waals surface area (Å²) in [6, 6.07) is 4.71. The van der Waals surface area contributed by atoms with Crippen molar-refractivity contribution in [2.24, 2.45) is 0 Å². The molecule has 0 saturated carbocycles. The van der Waals surface area contributed by atoms with E-state index in [2.05, 4.69) is 21.1 Å². The van der Waals surface area contributed by atoms with E-state index in [0.29, 0.717) is 5.56 Å². The molecule has 3 N–H and O–H groups in total. The van der Waals surface area contributed by atoms with Crippen LogP contribution < -0.4 is 0 Å². The van der Waals surface area contributed by atoms with E-state index < -0.39 is 15.6 Å². The predicted molar refractivity (Wildman–Crippen MR) is 128 cm³/mol. The van der Waals surface area contributed by atoms with Crippen LogP contribution in [0.25, 0.3) is 0 Å². The standard InChI is InChI=1S/C21H37NO5S3/c1-17-9-10-20(30(25,26)27)18(14-17)15-21(24)29-13-12-28-11-7-5-6-8-19(23)16-22(2,3)4/h9-10,14,19,21,23-24H,5-8,11-13,15-16H2,1-4H3/p+1. The van der Waals surface area contributed by atoms with Crippen LogP contribution in [0.2, 0.25) is 0 Å². The summed E-state index contributed by atoms with van der Waals surface area (Å²) in [6.45, 7) is 2.63. The Morgan fingerprint density at radius 2 is 1.73 bits per heavy atom. The zero-order valence-corrected chi connectivity index (χ0v) is 21.0. The van der Waals surface area contributed by atoms with Gasteiger partial charge in [0.05, 0.1) is 26.0 Å². The number of quaternary nitrogens is 1. The third-order valence-electron chi connectivity index (χ3n) is 4.51. The number of nitrogens with zero attached hydrogens (tertiary/aromatic N) is 1. The maximum absolute atomic E-state index is 11.5. The van der Waals surface area contributed by atoms with Gasteiger partial charge in [0.25, 0.3) is 10.1 Å². The molecule has 0 aliphatic heterocycles. The molecule has 0 saturated heterocycles. The van der Waals surface area contributed by atoms with Crippen LogP contribution in [-0.2, 0) is 16.5 Å². The highest BCUT2D eigenvalue weighted by Crippen LogP contribution is 2.23. The van der Waals surface area contributed by atoms with Crippen molar-refractivity contribution < 1.29 is 27.7 Å². The number of likely N-dealkylation sites (N-methyl/N-ethyl adjacent to an activating group) is 1. The summed E-state index contributed by atoms with van der Waals surface area (Å²) in [6.07, 6.45) is 4.08. The number of aliphatic hydroxyl groups is 2. The van der Waals surface area contributed by atoms with E-state index in [0.717, 1.165) is 59.5 Å². The number of benzene rings is 1. The van der Waals surface area contributed by atoms with Crippen molar-refractivity contribution in [3.8, 4) is 0 Å². The van der Waals surface area contributed by atoms with Gasteiger partial charge in [-0.2, -0.15) is 20.2 Å². The van der Waals surface area contributed by atoms with Gasteiger partial charge in [-0.25, -0.2) is 0 Å². The molecule has 2 unspecified atom stereocenters. The molecular formula is C21H38NO5S3+. The minimum Gasteiger partial charge on any atom is -0.387 e. The Morgan fingerprint density at radius 1 is 1.03 bits per heavy atom. The maximum atomic E-state index is 11.5. The first kappa shape index (κ1) is 27.7. The minimum absolute atomic E-state index is 0.131. The fraction of sp³-hybridized carbons (Fsp3) is 0.714. The largest absolute Gasteiger partial charge is 0.387 e. The van der Waals surface area contributed by atoms with Crippen molar-refractivity contribution in [2.45, 2.75) is 55.5 Å². The molecule has 174 valence electrons. The molecule has 0 spiro atoms. The molecule has 0 fully saturated rings. The molecule has 1 rings (SSSR count). The molecule has 0 heterocycles. The van der Waals surface area contributed by atoms with Gasteiger partial charge in [0.15, 0.2) is 0 Å². The van der Waals surface area contributed by atoms with Crippen molar-refractivity contribution in [3.05, 3.63) is 29.3 Å². The Hall–Kier alpha value is -0.290. The first-order valence-corrected chi connectivity index (χ1v) is 14.0. The molecule has 30 heavy (non-hydrogen) atoms. The molecule has 0 aliphatic rings. The second kappa shape index (κ2) is 13.3. The second-order valence-electron chi connectivity index (χ2n) is 8.70. The number of thioether (sulfide) groups is 2. The molecule has 0 amide bonds. The average Bonchev–Trinajstić information content (AvgIpc) is 2.57. The zero-order valence-electron chi connectivity index (χ0n) is 18.6. The monoisotopic (exact) mass is 480 g/mol. The van der Waals surface area contributed by atoms with E-state index in [9.17, 15) is 23.2 Å². The van der Waals surface area contributed by atoms with E-state index in [1.54, 1.807) is 12.1 Å². The summed E-state index contributed by atoms with van der Waals surface area (Å²) in [4.78, 5) is -0.131. The van der Waals surface area contributed by atoms with Crippen LogP contribution in [-0.4, -0.2) is 84.2 Å². The number of aryl methyl sites for hydroxylation is 1. The summed E-state index contributed by atoms with van der Waals surface area (Å²) in [5, 5.41) is 20.2. The molecule has 2 atom stereocenters. The Morgan fingerprint density at radius 3 is 2.37 bits per heavy atom. The minimum atomic E-state index is -4.29. The first-order chi connectivity index (χ1) is 13.9. The summed E-state index contributed by atoms with van der Waals surface area (Å²) in [5.74, 6) is 2.76. The van der Waals surface area contributed by atoms with Gasteiger partial charge in [0.1, 0.15) is 18.1 Å². The van der Waals surface area contributed by atoms with Gasteiger partial charge in [-0.05, 0) is 37.1 Å². The van der Waals surface area contributed by atoms with Gasteiger partial charge in [0, 0.05) is 17.9 Å². The molecule has 1 aromatic carbocycles. The lowest BCUT2D eigenvalue weighted by Crippen LogP contribution is -2.41. The molecular weight excluding hydrogens is 442 g/mol. The van der Waals surface area contributed by atoms with Gasteiger partial charge < -0.3 is 14.7 Å². The number of rotatable bonds is 15. The van der Waals surface area contributed by atoms with Crippen molar-refractivity contribution in [3.63, 3.8) is 0 Å². The van der Waals surface area contributed by atoms with E-state index >= 15 is 0 Å². The number of hydrogen-bond acceptors (Lipinski definition) is 6. The van der Waals surface area contributed by atoms with Gasteiger partial charge in [0.2, 0.25) is 0 Å². The summed E-state index contributed by atoms with van der Waals surface area (Å²) in [5.41, 5.74) is 0.614. The quantitative estimate of drug-likeness (QED) is 0.154. The average molecular weight is 481 g/mol. The van der Waals surface area contributed by atoms with Gasteiger partial charge in [-0.3, -0.25) is 4.55 Å². The second-order valence-corrected chi connectivity index (χ2v) is 12.6. The first-order valence-electron chi connectivity index (χ1n) is 10.3. The molecule has 0 bridgehead atoms. The third kappa shape index (κ3) is 12.5. The van der Waals surface area contributed by atoms with E-state index in [-0.39, 0.29) is 17.4 Å². The third-order valence-corrected chi connectivity index (χ3v) is 7.78. The maximum Gasteiger partial charge on any atom is 0.294 e. The summed E-state index contributed by atoms with van der Waals surface area (Å²) in [7, 11) is 1.97. The Balaban J connectivity index is 2.18. The highest BCUT2D eigenvalue weighted by molar-refractivity contribution is 8.03. The van der Waals surface area contributed by atoms with Crippen LogP contribution in [0.4, 0.5) is 0 Å². The van der Waals surface area contributed by atoms with Crippen molar-refractivity contribution >= 4 is 33.6 Å². The SMILES string of the molecule is Cc1ccc(S(=O)(=O)O)c(CC(O)SCCSCCCCCC(O)C[N+](C)(C)C)c1. The summed E-state index contributed by atoms with van der Waals surface area (Å²) < 4.78 is 33.1. The fourth-order valence-corrected chi connectivity index (χ4v) is 5.95. The predicted octanol–water partition coefficient (Wildman–Crippen LogP) is 3.20. The van der Waals surface area contributed by atoms with E-state index in [1.165, 1.54) is 17.8 Å². The molecule has 1 aromatic rings. The molecule has 0 aromatic heterocycles. The van der Waals surface area contributed by atoms with Crippen LogP contribution >= 0.6 is 23.5 Å². The normalized spacial score (nSPS) is 14.6. The topological polar surface area (TPSA) is 94.8 Å². The van der Waals surface area contributed by atoms with E-state index in [1.807, 2.05) is 18.7 Å². The highest BCUT2D eigenvalue weighted by atomic mass is 32.2. The van der Waals surface area contributed by atoms with Crippen molar-refractivity contribution in [1.29, 1.82) is 0 Å². The Labute approximate surface area is 190 Å². The Kier molecular flexibility index (Phi) is 12.3. The van der Waals surface area contributed by atoms with Crippen LogP contribution in [0.15, 0.2) is 23.1 Å². The fourth-order valence-electron chi connectivity index (χ4n) is 3.20. The lowest BCUT2D eigenvalue weighted by Gasteiger charge is -2.26. The number of aliphatic hydroxyl groups excluding tert-OH is 2. The lowest BCUT2D eigenvalue weighted by molar-refractivity contribution is -0.873. The summed E-state index contributed by atoms with van der Waals surface area (Å²) >= 11 is 3.24. The van der Waals surface area contributed by atoms with Gasteiger partial charge in [-0.1, -0.05) is 30.5 Å². The molecule has 0 radical (unpaired) electrons. The lowest BCUT2D eigenvalue weighted by atomic mass is 10.1. The Bertz CT molecular complexity index is 735. The number of hydrogen-bond donors (Lipinski definition) is 3. The smallest absolute Gasteiger partial charge is 0.294 e. The van der Waals surface area contributed by atoms with E-state index in [4.69, 9.17) is 0 Å². The zero-order chi connectivity index (χ0) is 22.8. The van der Waals surface area contributed by atoms with Gasteiger partial charge >= 0.3 is 0 Å². The van der Waals surface area contributed by atoms with Crippen molar-refractivity contribution in [1.82, 2.24) is 0 Å². The van der Waals surface area contributed by atoms with Crippen LogP contribution in [0.1, 0.15) is 36.8 Å². The van der Waals surface area contributed by atoms with Crippen LogP contribution in [0, 0.1) is 6.92 Å². The van der Waals surface area contributed by atoms with Crippen molar-refractivity contribution in [2.75, 3.05) is 44.9 Å². The van der Waals surface area contributed by atoms with Gasteiger partial charge in [-0.15, -0.1) is 11.8 Å². The molecule has 6 nitrogen and oxygen atoms in total.